The molecule has 2 unspecified atom stereocenters. The second-order valence-corrected chi connectivity index (χ2v) is 6.18. The van der Waals surface area contributed by atoms with Gasteiger partial charge in [-0.15, -0.1) is 0 Å². The second kappa shape index (κ2) is 5.93. The molecule has 3 nitrogen and oxygen atoms in total. The molecule has 2 heterocycles. The first-order valence-corrected chi connectivity index (χ1v) is 6.98. The molecule has 1 aromatic heterocycles. The number of hydrogen-bond acceptors (Lipinski definition) is 3. The average Bonchev–Trinajstić information content (AvgIpc) is 2.38. The Kier molecular flexibility index (Phi) is 4.48. The lowest BCUT2D eigenvalue weighted by Crippen LogP contribution is -2.39. The molecule has 0 radical (unpaired) electrons. The number of nitrogens with zero attached hydrogens (tertiary/aromatic N) is 2. The second-order valence-electron chi connectivity index (χ2n) is 5.75. The number of pyridine rings is 1. The molecule has 0 bridgehead atoms. The van der Waals surface area contributed by atoms with E-state index in [2.05, 4.69) is 31.8 Å². The van der Waals surface area contributed by atoms with Crippen molar-refractivity contribution in [2.45, 2.75) is 44.8 Å². The Labute approximate surface area is 120 Å². The summed E-state index contributed by atoms with van der Waals surface area (Å²) < 4.78 is 7.43. The molecule has 1 aliphatic heterocycles. The maximum Gasteiger partial charge on any atom is 0.104 e. The van der Waals surface area contributed by atoms with E-state index in [9.17, 15) is 0 Å². The summed E-state index contributed by atoms with van der Waals surface area (Å²) in [5.74, 6) is 0.352. The normalized spacial score (nSPS) is 23.1. The van der Waals surface area contributed by atoms with E-state index in [4.69, 9.17) is 16.5 Å². The first-order valence-electron chi connectivity index (χ1n) is 6.65. The molecular weight excluding hydrogens is 260 g/mol. The Morgan fingerprint density at radius 2 is 2.37 bits per heavy atom. The van der Waals surface area contributed by atoms with E-state index in [1.165, 1.54) is 5.56 Å². The van der Waals surface area contributed by atoms with E-state index in [0.29, 0.717) is 5.92 Å². The van der Waals surface area contributed by atoms with Crippen LogP contribution in [0, 0.1) is 0 Å². The summed E-state index contributed by atoms with van der Waals surface area (Å²) in [5, 5.41) is 0. The van der Waals surface area contributed by atoms with E-state index < -0.39 is 0 Å². The summed E-state index contributed by atoms with van der Waals surface area (Å²) in [5.41, 5.74) is 1.06. The zero-order chi connectivity index (χ0) is 13.9. The molecule has 0 spiro atoms. The van der Waals surface area contributed by atoms with Gasteiger partial charge in [-0.2, -0.15) is 0 Å². The van der Waals surface area contributed by atoms with Crippen LogP contribution in [0.3, 0.4) is 0 Å². The van der Waals surface area contributed by atoms with Gasteiger partial charge in [0.05, 0.1) is 12.3 Å². The molecule has 1 aromatic rings. The van der Waals surface area contributed by atoms with Gasteiger partial charge in [-0.1, -0.05) is 13.0 Å². The van der Waals surface area contributed by atoms with Crippen LogP contribution in [0.4, 0.5) is 0 Å². The highest BCUT2D eigenvalue weighted by Gasteiger charge is 2.29. The van der Waals surface area contributed by atoms with Crippen molar-refractivity contribution in [3.8, 4) is 0 Å². The number of rotatable bonds is 4. The third-order valence-corrected chi connectivity index (χ3v) is 3.84. The summed E-state index contributed by atoms with van der Waals surface area (Å²) in [6, 6.07) is 4.26. The van der Waals surface area contributed by atoms with Crippen LogP contribution in [0.1, 0.15) is 38.7 Å². The van der Waals surface area contributed by atoms with Crippen LogP contribution >= 0.6 is 11.8 Å². The maximum absolute atomic E-state index is 6.44. The molecule has 104 valence electrons. The fourth-order valence-corrected chi connectivity index (χ4v) is 2.64. The number of halogens is 1. The number of aromatic nitrogens is 1. The molecule has 2 rings (SSSR count). The number of ether oxygens (including phenoxy) is 1. The topological polar surface area (TPSA) is 25.4 Å². The molecule has 0 aliphatic carbocycles. The third-order valence-electron chi connectivity index (χ3n) is 3.45. The summed E-state index contributed by atoms with van der Waals surface area (Å²) in [6.45, 7) is 7.12. The van der Waals surface area contributed by atoms with Crippen LogP contribution in [0.25, 0.3) is 0 Å². The Balaban J connectivity index is 1.96. The van der Waals surface area contributed by atoms with Gasteiger partial charge in [0.25, 0.3) is 0 Å². The molecule has 0 fully saturated rings. The van der Waals surface area contributed by atoms with Gasteiger partial charge in [0.1, 0.15) is 5.60 Å². The minimum absolute atomic E-state index is 0.149. The summed E-state index contributed by atoms with van der Waals surface area (Å²) in [4.78, 5) is 4.15. The zero-order valence-corrected chi connectivity index (χ0v) is 12.5. The van der Waals surface area contributed by atoms with Gasteiger partial charge in [0.2, 0.25) is 0 Å². The lowest BCUT2D eigenvalue weighted by Gasteiger charge is -2.35. The first-order chi connectivity index (χ1) is 8.98. The van der Waals surface area contributed by atoms with Crippen LogP contribution in [0.15, 0.2) is 36.9 Å². The highest BCUT2D eigenvalue weighted by atomic mass is 35.5. The summed E-state index contributed by atoms with van der Waals surface area (Å²) >= 11 is 6.44. The highest BCUT2D eigenvalue weighted by Crippen LogP contribution is 2.28. The lowest BCUT2D eigenvalue weighted by molar-refractivity contribution is 0.0211. The predicted octanol–water partition coefficient (Wildman–Crippen LogP) is 3.72. The standard InChI is InChI=1S/C15H21ClN2O/c1-12(13-5-4-7-17-10-13)11-18(16)14-6-8-19-15(2,3)9-14/h4-8,10,12,14H,9,11H2,1-3H3. The van der Waals surface area contributed by atoms with Crippen LogP contribution in [-0.4, -0.2) is 27.6 Å². The van der Waals surface area contributed by atoms with E-state index in [-0.39, 0.29) is 11.6 Å². The summed E-state index contributed by atoms with van der Waals surface area (Å²) in [6.07, 6.45) is 8.37. The molecule has 1 aliphatic rings. The fraction of sp³-hybridized carbons (Fsp3) is 0.533. The quantitative estimate of drug-likeness (QED) is 0.786. The van der Waals surface area contributed by atoms with Gasteiger partial charge < -0.3 is 4.74 Å². The van der Waals surface area contributed by atoms with Gasteiger partial charge in [-0.3, -0.25) is 4.98 Å². The highest BCUT2D eigenvalue weighted by molar-refractivity contribution is 6.13. The van der Waals surface area contributed by atoms with E-state index >= 15 is 0 Å². The number of hydrogen-bond donors (Lipinski definition) is 0. The smallest absolute Gasteiger partial charge is 0.104 e. The van der Waals surface area contributed by atoms with E-state index in [0.717, 1.165) is 13.0 Å². The van der Waals surface area contributed by atoms with Crippen molar-refractivity contribution in [1.82, 2.24) is 9.40 Å². The fourth-order valence-electron chi connectivity index (χ4n) is 2.30. The Morgan fingerprint density at radius 3 is 3.00 bits per heavy atom. The van der Waals surface area contributed by atoms with Gasteiger partial charge in [-0.25, -0.2) is 4.42 Å². The minimum atomic E-state index is -0.149. The van der Waals surface area contributed by atoms with Crippen molar-refractivity contribution in [3.05, 3.63) is 42.4 Å². The van der Waals surface area contributed by atoms with Crippen LogP contribution in [0.2, 0.25) is 0 Å². The van der Waals surface area contributed by atoms with Gasteiger partial charge in [-0.05, 0) is 49.2 Å². The Hall–Kier alpha value is -1.06. The Bertz CT molecular complexity index is 433. The van der Waals surface area contributed by atoms with Crippen LogP contribution in [0.5, 0.6) is 0 Å². The molecule has 0 aromatic carbocycles. The van der Waals surface area contributed by atoms with Gasteiger partial charge in [0.15, 0.2) is 0 Å². The lowest BCUT2D eigenvalue weighted by atomic mass is 9.96. The molecular formula is C15H21ClN2O. The summed E-state index contributed by atoms with van der Waals surface area (Å²) in [7, 11) is 0. The predicted molar refractivity (Wildman–Crippen MR) is 77.9 cm³/mol. The molecule has 4 heteroatoms. The van der Waals surface area contributed by atoms with E-state index in [1.807, 2.05) is 22.8 Å². The van der Waals surface area contributed by atoms with Crippen LogP contribution < -0.4 is 0 Å². The molecule has 2 atom stereocenters. The van der Waals surface area contributed by atoms with Gasteiger partial charge >= 0.3 is 0 Å². The van der Waals surface area contributed by atoms with Crippen molar-refractivity contribution in [3.63, 3.8) is 0 Å². The molecule has 0 N–H and O–H groups in total. The molecule has 19 heavy (non-hydrogen) atoms. The average molecular weight is 281 g/mol. The SMILES string of the molecule is CC(CN(Cl)C1C=COC(C)(C)C1)c1cccnc1. The van der Waals surface area contributed by atoms with Crippen molar-refractivity contribution in [2.75, 3.05) is 6.54 Å². The maximum atomic E-state index is 6.44. The molecule has 0 amide bonds. The van der Waals surface area contributed by atoms with Gasteiger partial charge in [0, 0.05) is 25.4 Å². The van der Waals surface area contributed by atoms with Crippen molar-refractivity contribution in [1.29, 1.82) is 0 Å². The van der Waals surface area contributed by atoms with Crippen molar-refractivity contribution in [2.24, 2.45) is 0 Å². The van der Waals surface area contributed by atoms with E-state index in [1.54, 1.807) is 12.5 Å². The molecule has 0 saturated heterocycles. The third kappa shape index (κ3) is 3.95. The molecule has 0 saturated carbocycles. The van der Waals surface area contributed by atoms with Crippen molar-refractivity contribution >= 4 is 11.8 Å². The monoisotopic (exact) mass is 280 g/mol. The zero-order valence-electron chi connectivity index (χ0n) is 11.7. The van der Waals surface area contributed by atoms with Crippen molar-refractivity contribution < 1.29 is 4.74 Å². The minimum Gasteiger partial charge on any atom is -0.496 e. The first kappa shape index (κ1) is 14.4. The largest absolute Gasteiger partial charge is 0.496 e. The van der Waals surface area contributed by atoms with Crippen LogP contribution in [-0.2, 0) is 4.74 Å². The Morgan fingerprint density at radius 1 is 1.58 bits per heavy atom.